The van der Waals surface area contributed by atoms with Gasteiger partial charge in [-0.05, 0) is 69.3 Å². The zero-order valence-electron chi connectivity index (χ0n) is 20.4. The number of hydrogen-bond acceptors (Lipinski definition) is 5. The quantitative estimate of drug-likeness (QED) is 0.486. The summed E-state index contributed by atoms with van der Waals surface area (Å²) < 4.78 is 5.47. The number of hydrogen-bond donors (Lipinski definition) is 3. The number of carbonyl (C=O) groups excluding carboxylic acids is 1. The SMILES string of the molecule is C#COc1c(O)ccc(C)c1[C@]12CCN(C)C(C)[C@]1(O)c1cc3[nH]ccc3cc1C(=O)C2.CC. The summed E-state index contributed by atoms with van der Waals surface area (Å²) in [6.45, 7) is 8.54. The molecule has 6 heteroatoms. The van der Waals surface area contributed by atoms with Crippen LogP contribution in [0.5, 0.6) is 11.5 Å². The summed E-state index contributed by atoms with van der Waals surface area (Å²) >= 11 is 0. The van der Waals surface area contributed by atoms with Crippen LogP contribution in [0.4, 0.5) is 0 Å². The number of ketones is 1. The van der Waals surface area contributed by atoms with Crippen LogP contribution in [0.25, 0.3) is 10.9 Å². The number of nitrogens with zero attached hydrogens (tertiary/aromatic N) is 1. The van der Waals surface area contributed by atoms with E-state index in [-0.39, 0.29) is 29.7 Å². The Bertz CT molecular complexity index is 1300. The molecule has 0 radical (unpaired) electrons. The summed E-state index contributed by atoms with van der Waals surface area (Å²) in [6, 6.07) is 8.67. The molecule has 3 atom stereocenters. The van der Waals surface area contributed by atoms with Crippen LogP contribution in [-0.4, -0.2) is 45.5 Å². The second kappa shape index (κ2) is 8.50. The third kappa shape index (κ3) is 3.08. The number of rotatable bonds is 2. The Kier molecular flexibility index (Phi) is 5.97. The molecule has 0 saturated carbocycles. The average molecular weight is 461 g/mol. The number of benzene rings is 2. The predicted molar refractivity (Wildman–Crippen MR) is 133 cm³/mol. The summed E-state index contributed by atoms with van der Waals surface area (Å²) in [5, 5.41) is 24.3. The maximum Gasteiger partial charge on any atom is 0.185 e. The molecule has 0 bridgehead atoms. The fourth-order valence-electron chi connectivity index (χ4n) is 6.02. The highest BCUT2D eigenvalue weighted by Crippen LogP contribution is 2.60. The number of H-pyrrole nitrogens is 1. The normalized spacial score (nSPS) is 26.1. The molecule has 2 aliphatic rings. The highest BCUT2D eigenvalue weighted by Gasteiger charge is 2.64. The molecule has 2 heterocycles. The summed E-state index contributed by atoms with van der Waals surface area (Å²) in [4.78, 5) is 18.9. The van der Waals surface area contributed by atoms with E-state index in [1.54, 1.807) is 6.07 Å². The summed E-state index contributed by atoms with van der Waals surface area (Å²) in [7, 11) is 1.98. The van der Waals surface area contributed by atoms with Gasteiger partial charge in [0.25, 0.3) is 0 Å². The minimum Gasteiger partial charge on any atom is -0.504 e. The molecule has 2 aromatic carbocycles. The third-order valence-electron chi connectivity index (χ3n) is 7.74. The smallest absolute Gasteiger partial charge is 0.185 e. The lowest BCUT2D eigenvalue weighted by atomic mass is 9.51. The lowest BCUT2D eigenvalue weighted by Crippen LogP contribution is -2.67. The van der Waals surface area contributed by atoms with Crippen LogP contribution in [0.2, 0.25) is 0 Å². The molecular formula is C28H32N2O4. The van der Waals surface area contributed by atoms with Gasteiger partial charge in [-0.15, -0.1) is 0 Å². The first kappa shape index (κ1) is 23.9. The van der Waals surface area contributed by atoms with Gasteiger partial charge in [0.15, 0.2) is 17.3 Å². The number of aromatic amines is 1. The number of aromatic hydroxyl groups is 1. The highest BCUT2D eigenvalue weighted by molar-refractivity contribution is 6.04. The van der Waals surface area contributed by atoms with Gasteiger partial charge in [0.05, 0.1) is 0 Å². The first-order valence-corrected chi connectivity index (χ1v) is 11.8. The van der Waals surface area contributed by atoms with Gasteiger partial charge in [0, 0.05) is 46.1 Å². The molecule has 3 N–H and O–H groups in total. The largest absolute Gasteiger partial charge is 0.504 e. The van der Waals surface area contributed by atoms with E-state index in [2.05, 4.69) is 16.0 Å². The molecule has 1 aliphatic carbocycles. The van der Waals surface area contributed by atoms with E-state index in [0.717, 1.165) is 16.5 Å². The minimum absolute atomic E-state index is 0.0427. The van der Waals surface area contributed by atoms with Gasteiger partial charge in [0.2, 0.25) is 0 Å². The van der Waals surface area contributed by atoms with Crippen LogP contribution < -0.4 is 4.74 Å². The molecule has 1 aromatic heterocycles. The number of piperidine rings is 1. The van der Waals surface area contributed by atoms with Gasteiger partial charge < -0.3 is 24.8 Å². The van der Waals surface area contributed by atoms with E-state index in [1.165, 1.54) is 6.07 Å². The molecule has 6 nitrogen and oxygen atoms in total. The lowest BCUT2D eigenvalue weighted by Gasteiger charge is -2.59. The second-order valence-corrected chi connectivity index (χ2v) is 9.14. The number of phenolic OH excluding ortho intramolecular Hbond substituents is 1. The Labute approximate surface area is 200 Å². The number of ether oxygens (including phenoxy) is 1. The van der Waals surface area contributed by atoms with E-state index >= 15 is 0 Å². The van der Waals surface area contributed by atoms with Gasteiger partial charge in [-0.25, -0.2) is 0 Å². The Balaban J connectivity index is 0.00000133. The lowest BCUT2D eigenvalue weighted by molar-refractivity contribution is -0.138. The number of Topliss-reactive ketones (excluding diaryl/α,β-unsaturated/α-hetero) is 1. The Hall–Kier alpha value is -3.27. The van der Waals surface area contributed by atoms with Crippen molar-refractivity contribution in [2.45, 2.75) is 57.6 Å². The Morgan fingerprint density at radius 2 is 2.00 bits per heavy atom. The number of likely N-dealkylation sites (tertiary alicyclic amines) is 1. The molecule has 1 saturated heterocycles. The van der Waals surface area contributed by atoms with Crippen molar-refractivity contribution in [2.24, 2.45) is 0 Å². The van der Waals surface area contributed by atoms with Crippen LogP contribution in [0.15, 0.2) is 36.5 Å². The summed E-state index contributed by atoms with van der Waals surface area (Å²) in [5.41, 5.74) is 0.955. The van der Waals surface area contributed by atoms with Crippen LogP contribution in [-0.2, 0) is 11.0 Å². The van der Waals surface area contributed by atoms with Crippen molar-refractivity contribution in [1.82, 2.24) is 9.88 Å². The van der Waals surface area contributed by atoms with Gasteiger partial charge >= 0.3 is 0 Å². The number of aromatic nitrogens is 1. The minimum atomic E-state index is -1.42. The van der Waals surface area contributed by atoms with Crippen LogP contribution >= 0.6 is 0 Å². The topological polar surface area (TPSA) is 85.8 Å². The fraction of sp³-hybridized carbons (Fsp3) is 0.393. The van der Waals surface area contributed by atoms with Crippen LogP contribution in [0, 0.1) is 19.5 Å². The van der Waals surface area contributed by atoms with E-state index in [4.69, 9.17) is 11.2 Å². The molecule has 1 fully saturated rings. The van der Waals surface area contributed by atoms with Crippen molar-refractivity contribution in [2.75, 3.05) is 13.6 Å². The molecule has 34 heavy (non-hydrogen) atoms. The number of aliphatic hydroxyl groups is 1. The van der Waals surface area contributed by atoms with E-state index < -0.39 is 11.0 Å². The summed E-state index contributed by atoms with van der Waals surface area (Å²) in [6.07, 6.45) is 10.0. The molecule has 1 aliphatic heterocycles. The van der Waals surface area contributed by atoms with Gasteiger partial charge in [-0.2, -0.15) is 0 Å². The second-order valence-electron chi connectivity index (χ2n) is 9.14. The number of aryl methyl sites for hydroxylation is 1. The van der Waals surface area contributed by atoms with E-state index in [0.29, 0.717) is 29.7 Å². The first-order chi connectivity index (χ1) is 16.2. The number of carbonyl (C=O) groups is 1. The zero-order valence-corrected chi connectivity index (χ0v) is 20.4. The molecule has 3 aromatic rings. The maximum absolute atomic E-state index is 13.6. The number of phenols is 1. The van der Waals surface area contributed by atoms with Crippen LogP contribution in [0.3, 0.4) is 0 Å². The molecule has 178 valence electrons. The highest BCUT2D eigenvalue weighted by atomic mass is 16.5. The average Bonchev–Trinajstić information content (AvgIpc) is 3.30. The zero-order chi connectivity index (χ0) is 24.8. The van der Waals surface area contributed by atoms with Gasteiger partial charge in [-0.3, -0.25) is 4.79 Å². The van der Waals surface area contributed by atoms with Crippen molar-refractivity contribution in [3.8, 4) is 24.0 Å². The standard InChI is InChI=1S/C26H26N2O4.C2H6/c1-5-32-24-21(29)7-6-15(2)23(24)25-9-11-28(4)16(3)26(25,31)19-13-20-17(8-10-27-20)12-18(19)22(30)14-25;1-2/h1,6-8,10,12-13,16,27,29,31H,9,11,14H2,2-4H3;1-2H3/t16?,25-,26+;/m1./s1. The van der Waals surface area contributed by atoms with Crippen LogP contribution in [0.1, 0.15) is 60.7 Å². The number of fused-ring (bicyclic) bond motifs is 4. The number of terminal acetylenes is 1. The summed E-state index contributed by atoms with van der Waals surface area (Å²) in [5.74, 6) is -0.0104. The predicted octanol–water partition coefficient (Wildman–Crippen LogP) is 4.61. The molecule has 0 spiro atoms. The monoisotopic (exact) mass is 460 g/mol. The van der Waals surface area contributed by atoms with E-state index in [9.17, 15) is 15.0 Å². The number of nitrogens with one attached hydrogen (secondary N) is 1. The Morgan fingerprint density at radius 3 is 2.71 bits per heavy atom. The number of likely N-dealkylation sites (N-methyl/N-ethyl adjacent to an activating group) is 1. The van der Waals surface area contributed by atoms with Crippen molar-refractivity contribution in [1.29, 1.82) is 0 Å². The maximum atomic E-state index is 13.6. The Morgan fingerprint density at radius 1 is 1.26 bits per heavy atom. The molecule has 1 unspecified atom stereocenters. The van der Waals surface area contributed by atoms with E-state index in [1.807, 2.05) is 59.1 Å². The fourth-order valence-corrected chi connectivity index (χ4v) is 6.02. The van der Waals surface area contributed by atoms with Crippen molar-refractivity contribution < 1.29 is 19.7 Å². The van der Waals surface area contributed by atoms with Gasteiger partial charge in [-0.1, -0.05) is 26.3 Å². The van der Waals surface area contributed by atoms with Gasteiger partial charge in [0.1, 0.15) is 11.7 Å². The van der Waals surface area contributed by atoms with Crippen molar-refractivity contribution in [3.05, 3.63) is 58.8 Å². The molecular weight excluding hydrogens is 428 g/mol. The molecule has 0 amide bonds. The van der Waals surface area contributed by atoms with Crippen molar-refractivity contribution in [3.63, 3.8) is 0 Å². The first-order valence-electron chi connectivity index (χ1n) is 11.8. The third-order valence-corrected chi connectivity index (χ3v) is 7.74. The molecule has 5 rings (SSSR count). The van der Waals surface area contributed by atoms with Crippen molar-refractivity contribution >= 4 is 16.7 Å².